The van der Waals surface area contributed by atoms with Gasteiger partial charge in [0, 0.05) is 44.4 Å². The third-order valence-corrected chi connectivity index (χ3v) is 4.63. The molecule has 1 aliphatic rings. The fourth-order valence-corrected chi connectivity index (χ4v) is 3.35. The first-order chi connectivity index (χ1) is 14.5. The summed E-state index contributed by atoms with van der Waals surface area (Å²) in [7, 11) is 0. The second kappa shape index (κ2) is 10.5. The average molecular weight is 409 g/mol. The maximum Gasteiger partial charge on any atom is 0.330 e. The summed E-state index contributed by atoms with van der Waals surface area (Å²) in [6.45, 7) is 6.33. The van der Waals surface area contributed by atoms with Gasteiger partial charge in [0.2, 0.25) is 5.91 Å². The molecular formula is C22H27N5O3. The predicted molar refractivity (Wildman–Crippen MR) is 116 cm³/mol. The minimum absolute atomic E-state index is 0.0684. The van der Waals surface area contributed by atoms with Crippen molar-refractivity contribution in [3.05, 3.63) is 54.0 Å². The molecule has 8 heteroatoms. The number of esters is 1. The number of nitrogens with one attached hydrogen (secondary N) is 2. The molecule has 1 saturated heterocycles. The molecule has 0 saturated carbocycles. The molecule has 1 fully saturated rings. The largest absolute Gasteiger partial charge is 0.463 e. The highest BCUT2D eigenvalue weighted by molar-refractivity contribution is 5.88. The molecular weight excluding hydrogens is 382 g/mol. The number of anilines is 2. The van der Waals surface area contributed by atoms with Gasteiger partial charge in [-0.05, 0) is 37.1 Å². The van der Waals surface area contributed by atoms with E-state index in [9.17, 15) is 9.59 Å². The quantitative estimate of drug-likeness (QED) is 0.511. The monoisotopic (exact) mass is 409 g/mol. The van der Waals surface area contributed by atoms with Gasteiger partial charge in [-0.1, -0.05) is 12.1 Å². The van der Waals surface area contributed by atoms with Crippen LogP contribution in [0.5, 0.6) is 0 Å². The Kier molecular flexibility index (Phi) is 7.51. The van der Waals surface area contributed by atoms with Crippen LogP contribution in [0.2, 0.25) is 0 Å². The van der Waals surface area contributed by atoms with Gasteiger partial charge in [-0.15, -0.1) is 0 Å². The summed E-state index contributed by atoms with van der Waals surface area (Å²) in [5, 5.41) is 6.24. The van der Waals surface area contributed by atoms with Crippen LogP contribution in [0, 0.1) is 0 Å². The van der Waals surface area contributed by atoms with E-state index in [4.69, 9.17) is 4.74 Å². The van der Waals surface area contributed by atoms with Crippen molar-refractivity contribution in [2.75, 3.05) is 30.3 Å². The van der Waals surface area contributed by atoms with Gasteiger partial charge in [0.1, 0.15) is 5.82 Å². The fraction of sp³-hybridized carbons (Fsp3) is 0.364. The molecule has 30 heavy (non-hydrogen) atoms. The molecule has 1 aliphatic heterocycles. The van der Waals surface area contributed by atoms with Crippen LogP contribution >= 0.6 is 0 Å². The van der Waals surface area contributed by atoms with Crippen LogP contribution in [-0.4, -0.2) is 52.5 Å². The lowest BCUT2D eigenvalue weighted by Crippen LogP contribution is -2.26. The summed E-state index contributed by atoms with van der Waals surface area (Å²) in [5.41, 5.74) is 2.58. The minimum Gasteiger partial charge on any atom is -0.463 e. The van der Waals surface area contributed by atoms with Crippen molar-refractivity contribution >= 4 is 29.5 Å². The van der Waals surface area contributed by atoms with Gasteiger partial charge in [0.25, 0.3) is 0 Å². The molecule has 1 atom stereocenters. The zero-order valence-electron chi connectivity index (χ0n) is 17.3. The molecule has 0 spiro atoms. The van der Waals surface area contributed by atoms with Crippen LogP contribution in [-0.2, 0) is 20.9 Å². The van der Waals surface area contributed by atoms with Crippen molar-refractivity contribution < 1.29 is 14.3 Å². The zero-order valence-corrected chi connectivity index (χ0v) is 17.3. The molecule has 8 nitrogen and oxygen atoms in total. The number of amides is 1. The first-order valence-corrected chi connectivity index (χ1v) is 10.0. The molecule has 1 aromatic carbocycles. The van der Waals surface area contributed by atoms with Crippen molar-refractivity contribution in [3.63, 3.8) is 0 Å². The Labute approximate surface area is 176 Å². The Hall–Kier alpha value is -3.26. The number of hydrogen-bond acceptors (Lipinski definition) is 7. The summed E-state index contributed by atoms with van der Waals surface area (Å²) >= 11 is 0. The molecule has 0 bridgehead atoms. The number of ether oxygens (including phenoxy) is 1. The van der Waals surface area contributed by atoms with E-state index in [0.717, 1.165) is 31.7 Å². The molecule has 0 unspecified atom stereocenters. The first kappa shape index (κ1) is 21.4. The van der Waals surface area contributed by atoms with Gasteiger partial charge < -0.3 is 15.4 Å². The second-order valence-corrected chi connectivity index (χ2v) is 7.16. The number of carbonyl (C=O) groups excluding carboxylic acids is 2. The number of benzene rings is 1. The lowest BCUT2D eigenvalue weighted by Gasteiger charge is -2.17. The maximum atomic E-state index is 11.3. The molecule has 2 N–H and O–H groups in total. The molecule has 158 valence electrons. The number of rotatable bonds is 8. The van der Waals surface area contributed by atoms with Crippen LogP contribution in [0.3, 0.4) is 0 Å². The van der Waals surface area contributed by atoms with Gasteiger partial charge in [-0.3, -0.25) is 14.7 Å². The highest BCUT2D eigenvalue weighted by Gasteiger charge is 2.22. The normalized spacial score (nSPS) is 16.5. The van der Waals surface area contributed by atoms with E-state index in [2.05, 4.69) is 31.6 Å². The zero-order chi connectivity index (χ0) is 21.3. The molecule has 3 rings (SSSR count). The predicted octanol–water partition coefficient (Wildman–Crippen LogP) is 2.70. The lowest BCUT2D eigenvalue weighted by atomic mass is 10.2. The number of likely N-dealkylation sites (tertiary alicyclic amines) is 1. The number of aromatic nitrogens is 2. The summed E-state index contributed by atoms with van der Waals surface area (Å²) in [5.74, 6) is 0.249. The molecule has 1 amide bonds. The highest BCUT2D eigenvalue weighted by atomic mass is 16.5. The first-order valence-electron chi connectivity index (χ1n) is 10.0. The third kappa shape index (κ3) is 6.66. The lowest BCUT2D eigenvalue weighted by molar-refractivity contribution is -0.137. The van der Waals surface area contributed by atoms with Gasteiger partial charge in [-0.2, -0.15) is 0 Å². The molecule has 2 heterocycles. The second-order valence-electron chi connectivity index (χ2n) is 7.16. The van der Waals surface area contributed by atoms with E-state index in [0.29, 0.717) is 24.2 Å². The summed E-state index contributed by atoms with van der Waals surface area (Å²) < 4.78 is 4.84. The van der Waals surface area contributed by atoms with Gasteiger partial charge in [-0.25, -0.2) is 9.78 Å². The van der Waals surface area contributed by atoms with Crippen molar-refractivity contribution in [2.45, 2.75) is 32.9 Å². The summed E-state index contributed by atoms with van der Waals surface area (Å²) in [6.07, 6.45) is 7.23. The topological polar surface area (TPSA) is 96.5 Å². The van der Waals surface area contributed by atoms with Crippen molar-refractivity contribution in [1.29, 1.82) is 0 Å². The minimum atomic E-state index is -0.393. The van der Waals surface area contributed by atoms with Crippen LogP contribution in [0.15, 0.2) is 42.7 Å². The number of nitrogens with zero attached hydrogens (tertiary/aromatic N) is 3. The third-order valence-electron chi connectivity index (χ3n) is 4.63. The summed E-state index contributed by atoms with van der Waals surface area (Å²) in [6, 6.07) is 8.22. The van der Waals surface area contributed by atoms with E-state index in [1.165, 1.54) is 18.6 Å². The number of hydrogen-bond donors (Lipinski definition) is 2. The van der Waals surface area contributed by atoms with Crippen LogP contribution in [0.4, 0.5) is 11.5 Å². The smallest absolute Gasteiger partial charge is 0.330 e. The molecule has 0 radical (unpaired) electrons. The van der Waals surface area contributed by atoms with Crippen molar-refractivity contribution in [3.8, 4) is 0 Å². The number of carbonyl (C=O) groups is 2. The Bertz CT molecular complexity index is 898. The van der Waals surface area contributed by atoms with Crippen LogP contribution < -0.4 is 10.6 Å². The van der Waals surface area contributed by atoms with Crippen LogP contribution in [0.25, 0.3) is 6.08 Å². The van der Waals surface area contributed by atoms with Gasteiger partial charge in [0.05, 0.1) is 24.7 Å². The molecule has 2 aromatic rings. The maximum absolute atomic E-state index is 11.3. The van der Waals surface area contributed by atoms with E-state index >= 15 is 0 Å². The van der Waals surface area contributed by atoms with Crippen molar-refractivity contribution in [1.82, 2.24) is 14.9 Å². The van der Waals surface area contributed by atoms with Crippen molar-refractivity contribution in [2.24, 2.45) is 0 Å². The summed E-state index contributed by atoms with van der Waals surface area (Å²) in [4.78, 5) is 33.6. The fourth-order valence-electron chi connectivity index (χ4n) is 3.35. The van der Waals surface area contributed by atoms with Gasteiger partial charge >= 0.3 is 5.97 Å². The van der Waals surface area contributed by atoms with E-state index in [1.54, 1.807) is 25.4 Å². The van der Waals surface area contributed by atoms with E-state index < -0.39 is 5.97 Å². The highest BCUT2D eigenvalue weighted by Crippen LogP contribution is 2.18. The van der Waals surface area contributed by atoms with Crippen LogP contribution in [0.1, 0.15) is 31.5 Å². The Morgan fingerprint density at radius 2 is 2.17 bits per heavy atom. The SMILES string of the molecule is CCOC(=O)/C=C/c1cnc(N[C@@H]2CCN(Cc3cccc(NC(C)=O)c3)C2)cn1. The van der Waals surface area contributed by atoms with E-state index in [1.807, 2.05) is 18.2 Å². The molecule has 0 aliphatic carbocycles. The van der Waals surface area contributed by atoms with Gasteiger partial charge in [0.15, 0.2) is 0 Å². The standard InChI is InChI=1S/C22H27N5O3/c1-3-30-22(29)8-7-19-12-24-21(13-23-19)26-20-9-10-27(15-20)14-17-5-4-6-18(11-17)25-16(2)28/h4-8,11-13,20H,3,9-10,14-15H2,1-2H3,(H,24,26)(H,25,28)/b8-7+/t20-/m1/s1. The Balaban J connectivity index is 1.49. The Morgan fingerprint density at radius 1 is 1.30 bits per heavy atom. The van der Waals surface area contributed by atoms with E-state index in [-0.39, 0.29) is 5.91 Å². The average Bonchev–Trinajstić information content (AvgIpc) is 3.14. The molecule has 1 aromatic heterocycles. The Morgan fingerprint density at radius 3 is 2.90 bits per heavy atom.